The molecular formula is C117H102O14P2. The van der Waals surface area contributed by atoms with Gasteiger partial charge in [-0.3, -0.25) is 9.13 Å². The average molecular weight is 1790 g/mol. The van der Waals surface area contributed by atoms with E-state index in [9.17, 15) is 0 Å². The number of rotatable bonds is 31. The number of hydrogen-bond acceptors (Lipinski definition) is 14. The molecule has 3 unspecified atom stereocenters. The molecule has 0 saturated heterocycles. The second kappa shape index (κ2) is 38.2. The molecule has 664 valence electrons. The molecule has 133 heavy (non-hydrogen) atoms. The van der Waals surface area contributed by atoms with Gasteiger partial charge in [-0.15, -0.1) is 0 Å². The summed E-state index contributed by atoms with van der Waals surface area (Å²) in [7, 11) is -7.53. The normalized spacial score (nSPS) is 14.1. The van der Waals surface area contributed by atoms with Crippen LogP contribution in [0.15, 0.2) is 329 Å². The van der Waals surface area contributed by atoms with Gasteiger partial charge in [0.25, 0.3) is 0 Å². The zero-order valence-electron chi connectivity index (χ0n) is 76.3. The maximum Gasteiger partial charge on any atom is 0.311 e. The highest BCUT2D eigenvalue weighted by atomic mass is 31.2. The maximum absolute atomic E-state index is 15.6. The first-order valence-corrected chi connectivity index (χ1v) is 47.8. The van der Waals surface area contributed by atoms with Crippen LogP contribution in [-0.2, 0) is 42.2 Å². The van der Waals surface area contributed by atoms with E-state index in [-0.39, 0.29) is 25.9 Å². The number of ether oxygens (including phenoxy) is 10. The van der Waals surface area contributed by atoms with E-state index in [1.54, 1.807) is 24.3 Å². The first kappa shape index (κ1) is 88.7. The Morgan fingerprint density at radius 3 is 0.977 bits per heavy atom. The van der Waals surface area contributed by atoms with Crippen LogP contribution in [0, 0.1) is 69.2 Å². The molecule has 0 bridgehead atoms. The van der Waals surface area contributed by atoms with Crippen molar-refractivity contribution in [1.82, 2.24) is 0 Å². The van der Waals surface area contributed by atoms with E-state index in [1.807, 2.05) is 279 Å². The molecule has 0 N–H and O–H groups in total. The van der Waals surface area contributed by atoms with Crippen molar-refractivity contribution in [1.29, 1.82) is 0 Å². The lowest BCUT2D eigenvalue weighted by Gasteiger charge is -2.30. The summed E-state index contributed by atoms with van der Waals surface area (Å²) in [5.74, 6) is 10.4. The fourth-order valence-electron chi connectivity index (χ4n) is 17.2. The topological polar surface area (TPSA) is 145 Å². The molecule has 0 amide bonds. The van der Waals surface area contributed by atoms with Crippen molar-refractivity contribution in [3.63, 3.8) is 0 Å². The van der Waals surface area contributed by atoms with Gasteiger partial charge in [-0.05, 0) is 344 Å². The van der Waals surface area contributed by atoms with Crippen molar-refractivity contribution in [3.05, 3.63) is 429 Å². The van der Waals surface area contributed by atoms with Crippen LogP contribution in [0.5, 0.6) is 92.0 Å². The number of fused-ring (bicyclic) bond motifs is 6. The van der Waals surface area contributed by atoms with Crippen LogP contribution in [0.4, 0.5) is 0 Å². The number of para-hydroxylation sites is 2. The predicted molar refractivity (Wildman–Crippen MR) is 534 cm³/mol. The van der Waals surface area contributed by atoms with Gasteiger partial charge in [0.2, 0.25) is 0 Å². The Hall–Kier alpha value is -14.9. The molecule has 16 heteroatoms. The van der Waals surface area contributed by atoms with Gasteiger partial charge in [0.05, 0.1) is 21.2 Å². The van der Waals surface area contributed by atoms with Crippen molar-refractivity contribution in [3.8, 4) is 125 Å². The third kappa shape index (κ3) is 18.9. The molecule has 0 fully saturated rings. The molecule has 16 aromatic carbocycles. The lowest BCUT2D eigenvalue weighted by atomic mass is 9.88. The Kier molecular flexibility index (Phi) is 25.5. The fourth-order valence-corrected chi connectivity index (χ4v) is 22.1. The van der Waals surface area contributed by atoms with Crippen molar-refractivity contribution in [2.45, 2.75) is 115 Å². The number of benzene rings is 16. The first-order valence-electron chi connectivity index (χ1n) is 44.5. The van der Waals surface area contributed by atoms with Crippen molar-refractivity contribution < 1.29 is 65.5 Å². The summed E-state index contributed by atoms with van der Waals surface area (Å²) in [5, 5.41) is 2.02. The van der Waals surface area contributed by atoms with Gasteiger partial charge >= 0.3 is 14.7 Å². The zero-order valence-corrected chi connectivity index (χ0v) is 78.1. The molecule has 0 spiro atoms. The van der Waals surface area contributed by atoms with Crippen LogP contribution < -0.4 is 77.6 Å². The number of aryl methyl sites for hydroxylation is 6. The smallest absolute Gasteiger partial charge is 0.311 e. The van der Waals surface area contributed by atoms with Gasteiger partial charge < -0.3 is 56.4 Å². The molecule has 3 atom stereocenters. The maximum atomic E-state index is 15.6. The summed E-state index contributed by atoms with van der Waals surface area (Å²) in [5.41, 5.74) is 23.8. The second-order valence-electron chi connectivity index (χ2n) is 34.0. The monoisotopic (exact) mass is 1790 g/mol. The Balaban J connectivity index is 0.467. The highest BCUT2D eigenvalue weighted by Crippen LogP contribution is 2.58. The molecular weight excluding hydrogens is 1690 g/mol. The third-order valence-corrected chi connectivity index (χ3v) is 29.6. The van der Waals surface area contributed by atoms with Crippen LogP contribution in [0.1, 0.15) is 113 Å². The number of hydrogen-bond donors (Lipinski definition) is 0. The van der Waals surface area contributed by atoms with E-state index < -0.39 is 14.7 Å². The first-order chi connectivity index (χ1) is 64.5. The standard InChI is InChI=1S/C117H102O14P2/c1-14-84-32-36-86(37-33-84)68-120-96-56-59-109(113(66-96)133(119)111-31-23-19-27-103(111)101-25-17-21-29-107(101)131-133)123-71-89-42-50-94(51-43-89)127-95-54-46-91(47-55-95)83(13)125-115-75(5)62-99(63-76(115)6)129-117-78(8)65-105(80(10)82(117)12)104-64-77(7)116(81(11)79(104)9)128-98-60-73(3)114(74(4)61-98)124-72-90-44-52-93(53-45-90)126-92-48-40-88(41-49-92)69-121-97-57-58-108(122-70-87-38-34-85(15-2)35-39-87)112(67-97)132(118)110-30-22-18-26-102(110)100-24-16-20-28-106(100)130-132/h14-67,83H,1-2,68-72H2,3-13H3. The van der Waals surface area contributed by atoms with Crippen LogP contribution in [0.25, 0.3) is 45.5 Å². The minimum absolute atomic E-state index is 0.190. The minimum atomic E-state index is -3.78. The van der Waals surface area contributed by atoms with Gasteiger partial charge in [0.1, 0.15) is 131 Å². The van der Waals surface area contributed by atoms with Crippen molar-refractivity contribution in [2.75, 3.05) is 0 Å². The zero-order chi connectivity index (χ0) is 92.2. The molecule has 0 radical (unpaired) electrons. The minimum Gasteiger partial charge on any atom is -0.489 e. The van der Waals surface area contributed by atoms with Gasteiger partial charge in [-0.1, -0.05) is 195 Å². The lowest BCUT2D eigenvalue weighted by molar-refractivity contribution is 0.223. The summed E-state index contributed by atoms with van der Waals surface area (Å²) in [4.78, 5) is 0. The molecule has 2 aliphatic rings. The second-order valence-corrected chi connectivity index (χ2v) is 38.5. The van der Waals surface area contributed by atoms with E-state index >= 15 is 9.13 Å². The van der Waals surface area contributed by atoms with Gasteiger partial charge in [-0.2, -0.15) is 0 Å². The summed E-state index contributed by atoms with van der Waals surface area (Å²) in [6, 6.07) is 102. The van der Waals surface area contributed by atoms with Crippen LogP contribution >= 0.6 is 14.7 Å². The lowest BCUT2D eigenvalue weighted by Crippen LogP contribution is -2.26. The highest BCUT2D eigenvalue weighted by Gasteiger charge is 2.43. The Morgan fingerprint density at radius 1 is 0.278 bits per heavy atom. The molecule has 2 heterocycles. The summed E-state index contributed by atoms with van der Waals surface area (Å²) in [6.07, 6.45) is 3.33. The molecule has 0 aromatic heterocycles. The van der Waals surface area contributed by atoms with E-state index in [2.05, 4.69) is 114 Å². The van der Waals surface area contributed by atoms with Crippen LogP contribution in [0.3, 0.4) is 0 Å². The van der Waals surface area contributed by atoms with E-state index in [0.717, 1.165) is 168 Å². The van der Waals surface area contributed by atoms with Crippen molar-refractivity contribution >= 4 is 48.1 Å². The quantitative estimate of drug-likeness (QED) is 0.0380. The van der Waals surface area contributed by atoms with Crippen LogP contribution in [0.2, 0.25) is 0 Å². The molecule has 18 rings (SSSR count). The average Bonchev–Trinajstić information content (AvgIpc) is 0.732. The predicted octanol–water partition coefficient (Wildman–Crippen LogP) is 29.5. The summed E-state index contributed by atoms with van der Waals surface area (Å²) < 4.78 is 110. The van der Waals surface area contributed by atoms with Gasteiger partial charge in [-0.25, -0.2) is 0 Å². The Labute approximate surface area is 778 Å². The summed E-state index contributed by atoms with van der Waals surface area (Å²) in [6.45, 7) is 32.2. The fraction of sp³-hybridized carbons (Fsp3) is 0.145. The molecule has 14 nitrogen and oxygen atoms in total. The molecule has 0 saturated carbocycles. The Bertz CT molecular complexity index is 7160. The summed E-state index contributed by atoms with van der Waals surface area (Å²) >= 11 is 0. The SMILES string of the molecule is C=Cc1ccc(COc2ccc(OCc3ccc(Oc4ccc(C(C)Oc5c(C)cc(Oc6c(C)cc(-c7cc(C)c(Oc8cc(C)c(OCc9ccc(Oc%10ccc(COc%11ccc(OCc%12ccc(C=C)cc%12)c(P%12(=O)Oc%13ccccc%13-c%13ccccc%13%12)c%11)cc%10)cc9)c(C)c8)c(C)c7C)c(C)c6C)cc5C)cc4)cc3)c(P3(=O)Oc4ccccc4-c4ccccc43)c2)cc1. The van der Waals surface area contributed by atoms with Gasteiger partial charge in [0, 0.05) is 11.1 Å². The van der Waals surface area contributed by atoms with E-state index in [1.165, 1.54) is 0 Å². The van der Waals surface area contributed by atoms with E-state index in [0.29, 0.717) is 91.9 Å². The van der Waals surface area contributed by atoms with Crippen LogP contribution in [-0.4, -0.2) is 0 Å². The molecule has 0 aliphatic carbocycles. The van der Waals surface area contributed by atoms with Crippen molar-refractivity contribution in [2.24, 2.45) is 0 Å². The highest BCUT2D eigenvalue weighted by molar-refractivity contribution is 7.75. The molecule has 16 aromatic rings. The van der Waals surface area contributed by atoms with E-state index in [4.69, 9.17) is 56.4 Å². The largest absolute Gasteiger partial charge is 0.489 e. The van der Waals surface area contributed by atoms with Gasteiger partial charge in [0.15, 0.2) is 0 Å². The Morgan fingerprint density at radius 2 is 0.594 bits per heavy atom. The third-order valence-electron chi connectivity index (χ3n) is 24.7. The molecule has 2 aliphatic heterocycles.